The van der Waals surface area contributed by atoms with Crippen LogP contribution in [0.25, 0.3) is 61.6 Å². The Bertz CT molecular complexity index is 2330. The smallest absolute Gasteiger partial charge is 0.164 e. The van der Waals surface area contributed by atoms with Gasteiger partial charge in [0, 0.05) is 22.3 Å². The van der Waals surface area contributed by atoms with Crippen LogP contribution in [0.4, 0.5) is 0 Å². The summed E-state index contributed by atoms with van der Waals surface area (Å²) < 4.78 is 6.36. The van der Waals surface area contributed by atoms with Crippen LogP contribution < -0.4 is 4.74 Å². The molecule has 0 saturated carbocycles. The number of benzene rings is 6. The summed E-state index contributed by atoms with van der Waals surface area (Å²) in [6, 6.07) is 50.3. The average molecular weight is 604 g/mol. The molecule has 222 valence electrons. The molecule has 2 heterocycles. The Labute approximate surface area is 273 Å². The van der Waals surface area contributed by atoms with Crippen molar-refractivity contribution in [1.82, 2.24) is 15.0 Å². The predicted octanol–water partition coefficient (Wildman–Crippen LogP) is 10.2. The molecule has 0 saturated heterocycles. The molecule has 0 amide bonds. The Morgan fingerprint density at radius 1 is 0.447 bits per heavy atom. The molecular weight excluding hydrogens is 574 g/mol. The molecule has 2 aliphatic rings. The van der Waals surface area contributed by atoms with Crippen LogP contribution in [-0.2, 0) is 0 Å². The summed E-state index contributed by atoms with van der Waals surface area (Å²) in [7, 11) is 0. The molecule has 47 heavy (non-hydrogen) atoms. The molecule has 0 spiro atoms. The molecule has 1 aromatic heterocycles. The fourth-order valence-corrected chi connectivity index (χ4v) is 6.89. The van der Waals surface area contributed by atoms with Crippen molar-refractivity contribution in [3.05, 3.63) is 175 Å². The second kappa shape index (κ2) is 11.3. The molecule has 0 bridgehead atoms. The second-order valence-electron chi connectivity index (χ2n) is 11.9. The van der Waals surface area contributed by atoms with Crippen molar-refractivity contribution in [1.29, 1.82) is 0 Å². The number of allylic oxidation sites excluding steroid dienone is 2. The van der Waals surface area contributed by atoms with Gasteiger partial charge >= 0.3 is 0 Å². The van der Waals surface area contributed by atoms with Gasteiger partial charge in [0.05, 0.1) is 5.92 Å². The van der Waals surface area contributed by atoms with Gasteiger partial charge in [0.15, 0.2) is 17.5 Å². The minimum absolute atomic E-state index is 0.0152. The summed E-state index contributed by atoms with van der Waals surface area (Å²) in [5.74, 6) is 3.04. The Balaban J connectivity index is 1.18. The highest BCUT2D eigenvalue weighted by molar-refractivity contribution is 6.03. The number of nitrogens with zero attached hydrogens (tertiary/aromatic N) is 3. The zero-order valence-electron chi connectivity index (χ0n) is 25.5. The van der Waals surface area contributed by atoms with E-state index in [1.165, 1.54) is 22.3 Å². The van der Waals surface area contributed by atoms with Crippen LogP contribution in [0.3, 0.4) is 0 Å². The largest absolute Gasteiger partial charge is 0.485 e. The van der Waals surface area contributed by atoms with Crippen molar-refractivity contribution in [3.8, 4) is 51.0 Å². The van der Waals surface area contributed by atoms with Crippen molar-refractivity contribution in [3.63, 3.8) is 0 Å². The molecule has 6 aromatic carbocycles. The van der Waals surface area contributed by atoms with Gasteiger partial charge in [-0.2, -0.15) is 0 Å². The quantitative estimate of drug-likeness (QED) is 0.196. The summed E-state index contributed by atoms with van der Waals surface area (Å²) in [6.45, 7) is 0. The van der Waals surface area contributed by atoms with Gasteiger partial charge in [-0.05, 0) is 51.2 Å². The van der Waals surface area contributed by atoms with E-state index in [9.17, 15) is 0 Å². The summed E-state index contributed by atoms with van der Waals surface area (Å²) in [4.78, 5) is 15.2. The lowest BCUT2D eigenvalue weighted by atomic mass is 9.79. The Hall–Kier alpha value is -6.13. The number of hydrogen-bond acceptors (Lipinski definition) is 4. The van der Waals surface area contributed by atoms with Crippen molar-refractivity contribution >= 4 is 16.3 Å². The Morgan fingerprint density at radius 3 is 1.72 bits per heavy atom. The fourth-order valence-electron chi connectivity index (χ4n) is 6.89. The first-order valence-corrected chi connectivity index (χ1v) is 15.9. The van der Waals surface area contributed by atoms with E-state index in [4.69, 9.17) is 19.7 Å². The third kappa shape index (κ3) is 4.82. The number of fused-ring (bicyclic) bond motifs is 4. The summed E-state index contributed by atoms with van der Waals surface area (Å²) in [5.41, 5.74) is 8.86. The molecule has 2 unspecified atom stereocenters. The molecule has 4 nitrogen and oxygen atoms in total. The summed E-state index contributed by atoms with van der Waals surface area (Å²) in [6.07, 6.45) is 6.51. The molecule has 0 radical (unpaired) electrons. The summed E-state index contributed by atoms with van der Waals surface area (Å²) >= 11 is 0. The monoisotopic (exact) mass is 603 g/mol. The zero-order valence-corrected chi connectivity index (χ0v) is 25.5. The molecule has 1 aliphatic carbocycles. The first-order valence-electron chi connectivity index (χ1n) is 15.9. The van der Waals surface area contributed by atoms with Gasteiger partial charge < -0.3 is 4.74 Å². The summed E-state index contributed by atoms with van der Waals surface area (Å²) in [5, 5.41) is 2.25. The molecule has 0 fully saturated rings. The van der Waals surface area contributed by atoms with Crippen molar-refractivity contribution < 1.29 is 4.74 Å². The number of hydrogen-bond donors (Lipinski definition) is 0. The average Bonchev–Trinajstić information content (AvgIpc) is 3.54. The molecule has 0 N–H and O–H groups in total. The first kappa shape index (κ1) is 27.2. The van der Waals surface area contributed by atoms with E-state index in [0.717, 1.165) is 38.8 Å². The minimum atomic E-state index is -0.0152. The minimum Gasteiger partial charge on any atom is -0.485 e. The van der Waals surface area contributed by atoms with Gasteiger partial charge in [-0.15, -0.1) is 0 Å². The maximum atomic E-state index is 6.36. The predicted molar refractivity (Wildman–Crippen MR) is 190 cm³/mol. The number of ether oxygens (including phenoxy) is 1. The van der Waals surface area contributed by atoms with Crippen LogP contribution in [0, 0.1) is 0 Å². The molecule has 4 heteroatoms. The van der Waals surface area contributed by atoms with Gasteiger partial charge in [-0.3, -0.25) is 0 Å². The number of para-hydroxylation sites is 1. The van der Waals surface area contributed by atoms with Gasteiger partial charge in [-0.1, -0.05) is 146 Å². The van der Waals surface area contributed by atoms with Gasteiger partial charge in [0.25, 0.3) is 0 Å². The SMILES string of the molecule is C1=CC2Oc3ccccc3C2C(c2ccc(-c3nc(-c4ccccc4)nc(-c4ccc(-c5ccccc5)cc4)n3)c3ccccc23)=C1. The Kier molecular flexibility index (Phi) is 6.57. The lowest BCUT2D eigenvalue weighted by Gasteiger charge is -2.24. The van der Waals surface area contributed by atoms with E-state index in [1.54, 1.807) is 0 Å². The molecule has 1 aliphatic heterocycles. The van der Waals surface area contributed by atoms with Crippen LogP contribution in [0.15, 0.2) is 164 Å². The van der Waals surface area contributed by atoms with Crippen molar-refractivity contribution in [2.75, 3.05) is 0 Å². The van der Waals surface area contributed by atoms with Crippen molar-refractivity contribution in [2.24, 2.45) is 0 Å². The molecule has 2 atom stereocenters. The highest BCUT2D eigenvalue weighted by atomic mass is 16.5. The van der Waals surface area contributed by atoms with Crippen LogP contribution in [0.5, 0.6) is 5.75 Å². The van der Waals surface area contributed by atoms with Gasteiger partial charge in [0.1, 0.15) is 11.9 Å². The fraction of sp³-hybridized carbons (Fsp3) is 0.0465. The van der Waals surface area contributed by atoms with Crippen LogP contribution in [0.2, 0.25) is 0 Å². The van der Waals surface area contributed by atoms with Crippen LogP contribution in [0.1, 0.15) is 17.0 Å². The standard InChI is InChI=1S/C43H29N3O/c1-3-12-28(13-4-1)29-22-24-31(25-23-29)42-44-41(30-14-5-2-6-15-30)45-43(46-42)36-27-26-34(32-16-7-8-17-33(32)36)35-19-11-21-39-40(35)37-18-9-10-20-38(37)47-39/h1-27,39-40H. The third-order valence-corrected chi connectivity index (χ3v) is 9.15. The highest BCUT2D eigenvalue weighted by Crippen LogP contribution is 2.49. The van der Waals surface area contributed by atoms with Gasteiger partial charge in [-0.25, -0.2) is 15.0 Å². The van der Waals surface area contributed by atoms with E-state index < -0.39 is 0 Å². The molecular formula is C43H29N3O. The normalized spacial score (nSPS) is 16.3. The molecule has 7 aromatic rings. The zero-order chi connectivity index (χ0) is 31.2. The topological polar surface area (TPSA) is 47.9 Å². The highest BCUT2D eigenvalue weighted by Gasteiger charge is 2.37. The maximum Gasteiger partial charge on any atom is 0.164 e. The number of rotatable bonds is 5. The van der Waals surface area contributed by atoms with E-state index in [-0.39, 0.29) is 12.0 Å². The maximum absolute atomic E-state index is 6.36. The van der Waals surface area contributed by atoms with Gasteiger partial charge in [0.2, 0.25) is 0 Å². The van der Waals surface area contributed by atoms with Crippen LogP contribution in [-0.4, -0.2) is 21.1 Å². The Morgan fingerprint density at radius 2 is 0.979 bits per heavy atom. The van der Waals surface area contributed by atoms with Crippen LogP contribution >= 0.6 is 0 Å². The second-order valence-corrected chi connectivity index (χ2v) is 11.9. The first-order chi connectivity index (χ1) is 23.3. The van der Waals surface area contributed by atoms with E-state index in [1.807, 2.05) is 42.5 Å². The lowest BCUT2D eigenvalue weighted by Crippen LogP contribution is -2.19. The third-order valence-electron chi connectivity index (χ3n) is 9.15. The van der Waals surface area contributed by atoms with Crippen molar-refractivity contribution in [2.45, 2.75) is 12.0 Å². The lowest BCUT2D eigenvalue weighted by molar-refractivity contribution is 0.271. The molecule has 9 rings (SSSR count). The van der Waals surface area contributed by atoms with E-state index in [0.29, 0.717) is 17.5 Å². The van der Waals surface area contributed by atoms with E-state index in [2.05, 4.69) is 121 Å². The van der Waals surface area contributed by atoms with E-state index >= 15 is 0 Å². The number of aromatic nitrogens is 3.